The minimum absolute atomic E-state index is 0.0586. The van der Waals surface area contributed by atoms with Crippen LogP contribution in [0.5, 0.6) is 0 Å². The van der Waals surface area contributed by atoms with Gasteiger partial charge in [0.05, 0.1) is 0 Å². The minimum Gasteiger partial charge on any atom is -0.460 e. The Morgan fingerprint density at radius 1 is 1.36 bits per heavy atom. The van der Waals surface area contributed by atoms with Crippen LogP contribution in [0.25, 0.3) is 0 Å². The first-order valence-electron chi connectivity index (χ1n) is 7.87. The lowest BCUT2D eigenvalue weighted by Crippen LogP contribution is -2.36. The normalized spacial score (nSPS) is 25.0. The maximum atomic E-state index is 12.0. The quantitative estimate of drug-likeness (QED) is 0.771. The molecule has 0 saturated heterocycles. The van der Waals surface area contributed by atoms with Gasteiger partial charge in [0.2, 0.25) is 0 Å². The highest BCUT2D eigenvalue weighted by molar-refractivity contribution is 7.11. The van der Waals surface area contributed by atoms with E-state index in [0.717, 1.165) is 12.8 Å². The molecule has 5 heteroatoms. The van der Waals surface area contributed by atoms with Crippen molar-refractivity contribution in [3.05, 3.63) is 22.4 Å². The highest BCUT2D eigenvalue weighted by Crippen LogP contribution is 2.35. The van der Waals surface area contributed by atoms with Gasteiger partial charge in [-0.15, -0.1) is 11.3 Å². The topological polar surface area (TPSA) is 52.6 Å². The summed E-state index contributed by atoms with van der Waals surface area (Å²) in [6.07, 6.45) is 3.11. The fourth-order valence-electron chi connectivity index (χ4n) is 3.04. The Hall–Kier alpha value is -1.36. The summed E-state index contributed by atoms with van der Waals surface area (Å²) in [5.74, 6) is 0.535. The number of carbonyl (C=O) groups excluding carboxylic acids is 2. The molecule has 0 aliphatic heterocycles. The van der Waals surface area contributed by atoms with Gasteiger partial charge in [0.15, 0.2) is 6.61 Å². The zero-order valence-electron chi connectivity index (χ0n) is 13.4. The van der Waals surface area contributed by atoms with Crippen molar-refractivity contribution in [1.29, 1.82) is 0 Å². The average molecular weight is 324 g/mol. The maximum absolute atomic E-state index is 12.0. The van der Waals surface area contributed by atoms with Crippen LogP contribution in [0, 0.1) is 17.8 Å². The van der Waals surface area contributed by atoms with Crippen LogP contribution in [0.4, 0.5) is 0 Å². The van der Waals surface area contributed by atoms with E-state index in [1.54, 1.807) is 17.5 Å². The standard InChI is InChI=1S/C17H24O4S/c1-11(2)13-7-6-12(3)9-14(13)21-16(18)10-20-17(19)15-5-4-8-22-15/h4-5,8,11-14H,6-7,9-10H2,1-3H3/t12-,13-,14-/m1/s1. The van der Waals surface area contributed by atoms with Crippen molar-refractivity contribution in [3.8, 4) is 0 Å². The van der Waals surface area contributed by atoms with Crippen LogP contribution in [-0.4, -0.2) is 24.6 Å². The van der Waals surface area contributed by atoms with E-state index in [1.807, 2.05) is 0 Å². The number of thiophene rings is 1. The summed E-state index contributed by atoms with van der Waals surface area (Å²) in [5, 5.41) is 1.80. The number of ether oxygens (including phenoxy) is 2. The van der Waals surface area contributed by atoms with Crippen LogP contribution >= 0.6 is 11.3 Å². The summed E-state index contributed by atoms with van der Waals surface area (Å²) in [7, 11) is 0. The number of hydrogen-bond donors (Lipinski definition) is 0. The van der Waals surface area contributed by atoms with Gasteiger partial charge in [0.25, 0.3) is 0 Å². The number of hydrogen-bond acceptors (Lipinski definition) is 5. The van der Waals surface area contributed by atoms with Crippen molar-refractivity contribution in [2.24, 2.45) is 17.8 Å². The molecule has 1 heterocycles. The largest absolute Gasteiger partial charge is 0.460 e. The maximum Gasteiger partial charge on any atom is 0.348 e. The Kier molecular flexibility index (Phi) is 6.00. The van der Waals surface area contributed by atoms with Gasteiger partial charge in [0, 0.05) is 0 Å². The molecule has 1 aromatic rings. The van der Waals surface area contributed by atoms with Gasteiger partial charge in [-0.2, -0.15) is 0 Å². The molecule has 122 valence electrons. The van der Waals surface area contributed by atoms with E-state index in [1.165, 1.54) is 17.8 Å². The Morgan fingerprint density at radius 3 is 2.77 bits per heavy atom. The third-order valence-corrected chi connectivity index (χ3v) is 5.14. The molecule has 0 aromatic carbocycles. The van der Waals surface area contributed by atoms with E-state index >= 15 is 0 Å². The summed E-state index contributed by atoms with van der Waals surface area (Å²) in [4.78, 5) is 24.2. The summed E-state index contributed by atoms with van der Waals surface area (Å²) in [6.45, 7) is 6.21. The monoisotopic (exact) mass is 324 g/mol. The minimum atomic E-state index is -0.468. The number of rotatable bonds is 5. The first-order valence-corrected chi connectivity index (χ1v) is 8.75. The lowest BCUT2D eigenvalue weighted by molar-refractivity contribution is -0.159. The molecule has 3 atom stereocenters. The highest BCUT2D eigenvalue weighted by atomic mass is 32.1. The second-order valence-corrected chi connectivity index (χ2v) is 7.36. The first kappa shape index (κ1) is 17.0. The van der Waals surface area contributed by atoms with Crippen molar-refractivity contribution in [2.75, 3.05) is 6.61 Å². The summed E-state index contributed by atoms with van der Waals surface area (Å²) >= 11 is 1.30. The third-order valence-electron chi connectivity index (χ3n) is 4.29. The van der Waals surface area contributed by atoms with E-state index in [0.29, 0.717) is 22.6 Å². The van der Waals surface area contributed by atoms with Gasteiger partial charge >= 0.3 is 11.9 Å². The Labute approximate surface area is 135 Å². The second kappa shape index (κ2) is 7.77. The molecule has 0 bridgehead atoms. The summed E-state index contributed by atoms with van der Waals surface area (Å²) < 4.78 is 10.6. The van der Waals surface area contributed by atoms with E-state index in [-0.39, 0.29) is 12.7 Å². The first-order chi connectivity index (χ1) is 10.5. The zero-order chi connectivity index (χ0) is 16.1. The molecule has 1 aliphatic carbocycles. The average Bonchev–Trinajstić information content (AvgIpc) is 2.98. The van der Waals surface area contributed by atoms with Crippen LogP contribution in [0.15, 0.2) is 17.5 Å². The molecular formula is C17H24O4S. The van der Waals surface area contributed by atoms with Crippen LogP contribution < -0.4 is 0 Å². The highest BCUT2D eigenvalue weighted by Gasteiger charge is 2.33. The molecular weight excluding hydrogens is 300 g/mol. The van der Waals surface area contributed by atoms with E-state index in [2.05, 4.69) is 20.8 Å². The lowest BCUT2D eigenvalue weighted by atomic mass is 9.75. The molecule has 0 amide bonds. The van der Waals surface area contributed by atoms with Crippen molar-refractivity contribution >= 4 is 23.3 Å². The molecule has 4 nitrogen and oxygen atoms in total. The SMILES string of the molecule is CC(C)[C@H]1CC[C@@H](C)C[C@H]1OC(=O)COC(=O)c1cccs1. The van der Waals surface area contributed by atoms with Crippen molar-refractivity contribution < 1.29 is 19.1 Å². The van der Waals surface area contributed by atoms with Gasteiger partial charge in [0.1, 0.15) is 11.0 Å². The Bertz CT molecular complexity index is 495. The second-order valence-electron chi connectivity index (χ2n) is 6.41. The van der Waals surface area contributed by atoms with Gasteiger partial charge < -0.3 is 9.47 Å². The van der Waals surface area contributed by atoms with Crippen molar-refractivity contribution in [2.45, 2.75) is 46.1 Å². The predicted octanol–water partition coefficient (Wildman–Crippen LogP) is 3.91. The lowest BCUT2D eigenvalue weighted by Gasteiger charge is -2.36. The Morgan fingerprint density at radius 2 is 2.14 bits per heavy atom. The van der Waals surface area contributed by atoms with E-state index in [4.69, 9.17) is 9.47 Å². The van der Waals surface area contributed by atoms with Crippen LogP contribution in [0.3, 0.4) is 0 Å². The molecule has 1 saturated carbocycles. The molecule has 1 aliphatic rings. The van der Waals surface area contributed by atoms with Crippen LogP contribution in [-0.2, 0) is 14.3 Å². The fourth-order valence-corrected chi connectivity index (χ4v) is 3.66. The number of carbonyl (C=O) groups is 2. The van der Waals surface area contributed by atoms with Gasteiger partial charge in [-0.25, -0.2) is 9.59 Å². The Balaban J connectivity index is 1.83. The number of esters is 2. The zero-order valence-corrected chi connectivity index (χ0v) is 14.2. The van der Waals surface area contributed by atoms with Gasteiger partial charge in [-0.3, -0.25) is 0 Å². The van der Waals surface area contributed by atoms with E-state index in [9.17, 15) is 9.59 Å². The van der Waals surface area contributed by atoms with Gasteiger partial charge in [-0.05, 0) is 42.0 Å². The molecule has 0 N–H and O–H groups in total. The molecule has 0 radical (unpaired) electrons. The van der Waals surface area contributed by atoms with Crippen molar-refractivity contribution in [1.82, 2.24) is 0 Å². The molecule has 22 heavy (non-hydrogen) atoms. The summed E-state index contributed by atoms with van der Waals surface area (Å²) in [6, 6.07) is 3.45. The fraction of sp³-hybridized carbons (Fsp3) is 0.647. The predicted molar refractivity (Wildman–Crippen MR) is 85.8 cm³/mol. The van der Waals surface area contributed by atoms with Crippen molar-refractivity contribution in [3.63, 3.8) is 0 Å². The van der Waals surface area contributed by atoms with Gasteiger partial charge in [-0.1, -0.05) is 33.3 Å². The molecule has 0 spiro atoms. The molecule has 1 fully saturated rings. The van der Waals surface area contributed by atoms with Crippen LogP contribution in [0.2, 0.25) is 0 Å². The molecule has 2 rings (SSSR count). The smallest absolute Gasteiger partial charge is 0.348 e. The molecule has 0 unspecified atom stereocenters. The van der Waals surface area contributed by atoms with E-state index < -0.39 is 11.9 Å². The molecule has 1 aromatic heterocycles. The summed E-state index contributed by atoms with van der Waals surface area (Å²) in [5.41, 5.74) is 0. The van der Waals surface area contributed by atoms with Crippen LogP contribution in [0.1, 0.15) is 49.7 Å². The third kappa shape index (κ3) is 4.57.